The first-order valence-electron chi connectivity index (χ1n) is 3.31. The molecule has 0 fully saturated rings. The van der Waals surface area contributed by atoms with Gasteiger partial charge >= 0.3 is 5.97 Å². The number of hydrogen-bond donors (Lipinski definition) is 2. The average molecular weight is 160 g/mol. The Hall–Kier alpha value is -0.870. The highest BCUT2D eigenvalue weighted by atomic mass is 16.6. The molecule has 0 radical (unpaired) electrons. The molecular weight excluding hydrogens is 148 g/mol. The highest BCUT2D eigenvalue weighted by Crippen LogP contribution is 2.00. The summed E-state index contributed by atoms with van der Waals surface area (Å²) in [7, 11) is 0. The van der Waals surface area contributed by atoms with E-state index in [1.165, 1.54) is 0 Å². The van der Waals surface area contributed by atoms with Crippen molar-refractivity contribution in [3.63, 3.8) is 0 Å². The highest BCUT2D eigenvalue weighted by molar-refractivity contribution is 5.81. The van der Waals surface area contributed by atoms with Crippen molar-refractivity contribution in [2.24, 2.45) is 0 Å². The van der Waals surface area contributed by atoms with E-state index in [9.17, 15) is 4.79 Å². The van der Waals surface area contributed by atoms with Crippen LogP contribution < -0.4 is 0 Å². The Kier molecular flexibility index (Phi) is 4.49. The fourth-order valence-electron chi connectivity index (χ4n) is 0.447. The third-order valence-corrected chi connectivity index (χ3v) is 1.15. The third kappa shape index (κ3) is 3.75. The fraction of sp³-hybridized carbons (Fsp3) is 0.571. The molecule has 0 aromatic heterocycles. The summed E-state index contributed by atoms with van der Waals surface area (Å²) in [5.74, 6) is -0.745. The first kappa shape index (κ1) is 10.1. The molecule has 0 aliphatic heterocycles. The Morgan fingerprint density at radius 3 is 2.64 bits per heavy atom. The van der Waals surface area contributed by atoms with Gasteiger partial charge in [-0.1, -0.05) is 13.5 Å². The zero-order valence-corrected chi connectivity index (χ0v) is 6.36. The molecule has 11 heavy (non-hydrogen) atoms. The molecule has 0 amide bonds. The van der Waals surface area contributed by atoms with Gasteiger partial charge in [-0.3, -0.25) is 0 Å². The molecule has 64 valence electrons. The van der Waals surface area contributed by atoms with Crippen LogP contribution in [0.2, 0.25) is 0 Å². The lowest BCUT2D eigenvalue weighted by molar-refractivity contribution is -0.181. The molecule has 0 saturated carbocycles. The largest absolute Gasteiger partial charge is 0.430 e. The van der Waals surface area contributed by atoms with Gasteiger partial charge in [-0.25, -0.2) is 4.79 Å². The van der Waals surface area contributed by atoms with Crippen LogP contribution >= 0.6 is 0 Å². The van der Waals surface area contributed by atoms with Crippen molar-refractivity contribution in [2.75, 3.05) is 0 Å². The average Bonchev–Trinajstić information content (AvgIpc) is 2.02. The van der Waals surface area contributed by atoms with E-state index in [1.807, 2.05) is 0 Å². The van der Waals surface area contributed by atoms with Gasteiger partial charge in [0.2, 0.25) is 6.29 Å². The van der Waals surface area contributed by atoms with E-state index < -0.39 is 18.4 Å². The summed E-state index contributed by atoms with van der Waals surface area (Å²) in [6.45, 7) is 4.79. The smallest absolute Gasteiger partial charge is 0.332 e. The van der Waals surface area contributed by atoms with Gasteiger partial charge in [0.1, 0.15) is 6.10 Å². The van der Waals surface area contributed by atoms with Crippen LogP contribution in [-0.4, -0.2) is 28.6 Å². The quantitative estimate of drug-likeness (QED) is 0.339. The van der Waals surface area contributed by atoms with Crippen LogP contribution in [0.5, 0.6) is 0 Å². The lowest BCUT2D eigenvalue weighted by atomic mass is 10.3. The maximum Gasteiger partial charge on any atom is 0.332 e. The van der Waals surface area contributed by atoms with Crippen LogP contribution in [0.3, 0.4) is 0 Å². The molecule has 2 unspecified atom stereocenters. The Labute approximate surface area is 65.1 Å². The van der Waals surface area contributed by atoms with E-state index in [2.05, 4.69) is 11.3 Å². The van der Waals surface area contributed by atoms with Gasteiger partial charge in [0, 0.05) is 6.08 Å². The van der Waals surface area contributed by atoms with Crippen LogP contribution in [-0.2, 0) is 9.53 Å². The van der Waals surface area contributed by atoms with Crippen molar-refractivity contribution < 1.29 is 19.7 Å². The van der Waals surface area contributed by atoms with Gasteiger partial charge in [-0.15, -0.1) is 0 Å². The first-order chi connectivity index (χ1) is 5.11. The minimum Gasteiger partial charge on any atom is -0.430 e. The number of carbonyl (C=O) groups excluding carboxylic acids is 1. The molecule has 4 heteroatoms. The van der Waals surface area contributed by atoms with E-state index in [4.69, 9.17) is 10.2 Å². The number of carbonyl (C=O) groups is 1. The number of esters is 1. The maximum absolute atomic E-state index is 10.4. The van der Waals surface area contributed by atoms with Gasteiger partial charge in [0.05, 0.1) is 0 Å². The molecule has 2 N–H and O–H groups in total. The van der Waals surface area contributed by atoms with Gasteiger partial charge < -0.3 is 14.9 Å². The minimum absolute atomic E-state index is 0.325. The van der Waals surface area contributed by atoms with Gasteiger partial charge in [-0.05, 0) is 6.42 Å². The van der Waals surface area contributed by atoms with Crippen molar-refractivity contribution >= 4 is 5.97 Å². The normalized spacial score (nSPS) is 15.2. The number of rotatable bonds is 4. The molecular formula is C7H12O4. The minimum atomic E-state index is -1.45. The van der Waals surface area contributed by atoms with Gasteiger partial charge in [0.25, 0.3) is 0 Å². The van der Waals surface area contributed by atoms with Crippen LogP contribution in [0.25, 0.3) is 0 Å². The molecule has 0 bridgehead atoms. The summed E-state index contributed by atoms with van der Waals surface area (Å²) in [4.78, 5) is 10.4. The number of aliphatic hydroxyl groups excluding tert-OH is 2. The molecule has 0 saturated heterocycles. The molecule has 0 rings (SSSR count). The zero-order chi connectivity index (χ0) is 8.85. The molecule has 0 aromatic rings. The lowest BCUT2D eigenvalue weighted by Crippen LogP contribution is -2.29. The summed E-state index contributed by atoms with van der Waals surface area (Å²) >= 11 is 0. The van der Waals surface area contributed by atoms with Crippen LogP contribution in [0.1, 0.15) is 13.3 Å². The molecule has 4 nitrogen and oxygen atoms in total. The van der Waals surface area contributed by atoms with E-state index in [0.29, 0.717) is 6.42 Å². The predicted molar refractivity (Wildman–Crippen MR) is 38.6 cm³/mol. The van der Waals surface area contributed by atoms with Gasteiger partial charge in [-0.2, -0.15) is 0 Å². The molecule has 0 aromatic carbocycles. The van der Waals surface area contributed by atoms with Crippen molar-refractivity contribution in [1.29, 1.82) is 0 Å². The summed E-state index contributed by atoms with van der Waals surface area (Å²) in [5, 5.41) is 17.8. The number of ether oxygens (including phenoxy) is 1. The fourth-order valence-corrected chi connectivity index (χ4v) is 0.447. The Bertz CT molecular complexity index is 143. The Morgan fingerprint density at radius 2 is 2.27 bits per heavy atom. The number of aliphatic hydroxyl groups is 2. The molecule has 2 atom stereocenters. The molecule has 0 heterocycles. The van der Waals surface area contributed by atoms with E-state index in [0.717, 1.165) is 6.08 Å². The third-order valence-electron chi connectivity index (χ3n) is 1.15. The summed E-state index contributed by atoms with van der Waals surface area (Å²) in [6.07, 6.45) is -1.23. The zero-order valence-electron chi connectivity index (χ0n) is 6.36. The topological polar surface area (TPSA) is 66.8 Å². The standard InChI is InChI=1S/C7H12O4/c1-3-5(8)7(10)11-6(9)4-2/h4-5,7-8,10H,2-3H2,1H3. The Balaban J connectivity index is 3.76. The van der Waals surface area contributed by atoms with E-state index in [1.54, 1.807) is 6.92 Å². The lowest BCUT2D eigenvalue weighted by Gasteiger charge is -2.14. The predicted octanol–water partition coefficient (Wildman–Crippen LogP) is -0.195. The van der Waals surface area contributed by atoms with Crippen molar-refractivity contribution in [3.8, 4) is 0 Å². The van der Waals surface area contributed by atoms with Crippen molar-refractivity contribution in [1.82, 2.24) is 0 Å². The SMILES string of the molecule is C=CC(=O)OC(O)C(O)CC. The number of hydrogen-bond acceptors (Lipinski definition) is 4. The molecule has 0 aliphatic rings. The Morgan fingerprint density at radius 1 is 1.73 bits per heavy atom. The van der Waals surface area contributed by atoms with Crippen molar-refractivity contribution in [2.45, 2.75) is 25.7 Å². The summed E-state index contributed by atoms with van der Waals surface area (Å²) in [5.41, 5.74) is 0. The molecule has 0 aliphatic carbocycles. The van der Waals surface area contributed by atoms with Gasteiger partial charge in [0.15, 0.2) is 0 Å². The van der Waals surface area contributed by atoms with E-state index >= 15 is 0 Å². The maximum atomic E-state index is 10.4. The molecule has 0 spiro atoms. The second-order valence-electron chi connectivity index (χ2n) is 2.01. The highest BCUT2D eigenvalue weighted by Gasteiger charge is 2.16. The van der Waals surface area contributed by atoms with Crippen LogP contribution in [0, 0.1) is 0 Å². The van der Waals surface area contributed by atoms with Crippen LogP contribution in [0.15, 0.2) is 12.7 Å². The second kappa shape index (κ2) is 4.87. The van der Waals surface area contributed by atoms with Crippen molar-refractivity contribution in [3.05, 3.63) is 12.7 Å². The first-order valence-corrected chi connectivity index (χ1v) is 3.31. The van der Waals surface area contributed by atoms with E-state index in [-0.39, 0.29) is 0 Å². The second-order valence-corrected chi connectivity index (χ2v) is 2.01. The summed E-state index contributed by atoms with van der Waals surface area (Å²) < 4.78 is 4.30. The summed E-state index contributed by atoms with van der Waals surface area (Å²) in [6, 6.07) is 0. The van der Waals surface area contributed by atoms with Crippen LogP contribution in [0.4, 0.5) is 0 Å². The monoisotopic (exact) mass is 160 g/mol.